The Morgan fingerprint density at radius 1 is 1.10 bits per heavy atom. The zero-order chi connectivity index (χ0) is 20.9. The van der Waals surface area contributed by atoms with Crippen LogP contribution in [0.25, 0.3) is 0 Å². The van der Waals surface area contributed by atoms with Gasteiger partial charge >= 0.3 is 0 Å². The molecule has 0 bridgehead atoms. The predicted molar refractivity (Wildman–Crippen MR) is 119 cm³/mol. The Balaban J connectivity index is 1.53. The van der Waals surface area contributed by atoms with Crippen LogP contribution in [-0.4, -0.2) is 41.3 Å². The second-order valence-electron chi connectivity index (χ2n) is 8.20. The van der Waals surface area contributed by atoms with Crippen LogP contribution in [0.3, 0.4) is 0 Å². The number of hydrogen-bond acceptors (Lipinski definition) is 4. The highest BCUT2D eigenvalue weighted by Crippen LogP contribution is 2.38. The summed E-state index contributed by atoms with van der Waals surface area (Å²) in [6, 6.07) is 10.8. The van der Waals surface area contributed by atoms with Gasteiger partial charge in [0.05, 0.1) is 16.9 Å². The number of nitrogens with one attached hydrogen (secondary N) is 1. The maximum Gasteiger partial charge on any atom is 0.257 e. The van der Waals surface area contributed by atoms with Gasteiger partial charge in [0.15, 0.2) is 5.82 Å². The number of nitrogens with zero attached hydrogens (tertiary/aromatic N) is 3. The Hall–Kier alpha value is -2.73. The van der Waals surface area contributed by atoms with Gasteiger partial charge in [0.25, 0.3) is 5.91 Å². The normalized spacial score (nSPS) is 17.1. The molecule has 158 valence electrons. The number of fused-ring (bicyclic) bond motifs is 2. The molecule has 30 heavy (non-hydrogen) atoms. The van der Waals surface area contributed by atoms with Gasteiger partial charge in [-0.25, -0.2) is 4.98 Å². The van der Waals surface area contributed by atoms with Crippen LogP contribution in [0.15, 0.2) is 42.6 Å². The molecule has 2 aliphatic rings. The summed E-state index contributed by atoms with van der Waals surface area (Å²) < 4.78 is 0. The molecular weight excluding hydrogens is 376 g/mol. The Kier molecular flexibility index (Phi) is 6.43. The molecule has 1 aromatic heterocycles. The molecule has 4 rings (SSSR count). The third kappa shape index (κ3) is 4.24. The van der Waals surface area contributed by atoms with Crippen molar-refractivity contribution in [3.63, 3.8) is 0 Å². The average molecular weight is 407 g/mol. The number of piperidine rings is 1. The van der Waals surface area contributed by atoms with E-state index in [-0.39, 0.29) is 17.7 Å². The minimum Gasteiger partial charge on any atom is -0.319 e. The summed E-state index contributed by atoms with van der Waals surface area (Å²) in [7, 11) is 0. The number of para-hydroxylation sites is 1. The van der Waals surface area contributed by atoms with Gasteiger partial charge < -0.3 is 10.2 Å². The number of amides is 2. The quantitative estimate of drug-likeness (QED) is 0.712. The summed E-state index contributed by atoms with van der Waals surface area (Å²) in [5.41, 5.74) is 1.68. The van der Waals surface area contributed by atoms with Crippen LogP contribution in [0.2, 0.25) is 0 Å². The van der Waals surface area contributed by atoms with Crippen molar-refractivity contribution in [2.24, 2.45) is 5.92 Å². The highest BCUT2D eigenvalue weighted by Gasteiger charge is 2.35. The summed E-state index contributed by atoms with van der Waals surface area (Å²) in [5, 5.41) is 2.90. The molecule has 1 saturated heterocycles. The van der Waals surface area contributed by atoms with Crippen LogP contribution in [-0.2, 0) is 4.79 Å². The minimum absolute atomic E-state index is 0.0320. The van der Waals surface area contributed by atoms with E-state index in [0.717, 1.165) is 32.5 Å². The van der Waals surface area contributed by atoms with Crippen LogP contribution in [0, 0.1) is 5.92 Å². The molecule has 2 aliphatic heterocycles. The van der Waals surface area contributed by atoms with Crippen molar-refractivity contribution in [3.05, 3.63) is 48.2 Å². The third-order valence-electron chi connectivity index (χ3n) is 6.12. The molecule has 0 spiro atoms. The van der Waals surface area contributed by atoms with Crippen molar-refractivity contribution in [1.29, 1.82) is 0 Å². The molecule has 0 radical (unpaired) electrons. The molecule has 0 unspecified atom stereocenters. The molecule has 0 atom stereocenters. The van der Waals surface area contributed by atoms with E-state index >= 15 is 0 Å². The zero-order valence-corrected chi connectivity index (χ0v) is 17.6. The Labute approximate surface area is 178 Å². The number of benzene rings is 1. The number of unbranched alkanes of at least 4 members (excludes halogenated alkanes) is 3. The summed E-state index contributed by atoms with van der Waals surface area (Å²) in [4.78, 5) is 35.0. The third-order valence-corrected chi connectivity index (χ3v) is 6.12. The molecule has 6 nitrogen and oxygen atoms in total. The van der Waals surface area contributed by atoms with Gasteiger partial charge in [-0.1, -0.05) is 38.3 Å². The first kappa shape index (κ1) is 20.5. The maximum atomic E-state index is 13.7. The van der Waals surface area contributed by atoms with E-state index in [1.165, 1.54) is 25.7 Å². The number of likely N-dealkylation sites (tertiary alicyclic amines) is 1. The lowest BCUT2D eigenvalue weighted by atomic mass is 9.94. The number of carbonyl (C=O) groups excluding carboxylic acids is 2. The van der Waals surface area contributed by atoms with Crippen molar-refractivity contribution in [2.75, 3.05) is 29.9 Å². The van der Waals surface area contributed by atoms with Crippen LogP contribution < -0.4 is 10.2 Å². The summed E-state index contributed by atoms with van der Waals surface area (Å²) in [6.45, 7) is 5.25. The Morgan fingerprint density at radius 2 is 1.90 bits per heavy atom. The molecule has 1 N–H and O–H groups in total. The van der Waals surface area contributed by atoms with Gasteiger partial charge in [-0.2, -0.15) is 0 Å². The van der Waals surface area contributed by atoms with Gasteiger partial charge in [0, 0.05) is 12.1 Å². The summed E-state index contributed by atoms with van der Waals surface area (Å²) in [5.74, 6) is 0.261. The molecule has 2 aromatic rings. The van der Waals surface area contributed by atoms with E-state index in [1.807, 2.05) is 18.2 Å². The number of aromatic nitrogens is 1. The molecule has 1 fully saturated rings. The van der Waals surface area contributed by atoms with Crippen LogP contribution in [0.4, 0.5) is 17.2 Å². The van der Waals surface area contributed by atoms with E-state index < -0.39 is 0 Å². The lowest BCUT2D eigenvalue weighted by Gasteiger charge is -2.34. The van der Waals surface area contributed by atoms with Crippen molar-refractivity contribution >= 4 is 29.0 Å². The van der Waals surface area contributed by atoms with E-state index in [2.05, 4.69) is 22.1 Å². The van der Waals surface area contributed by atoms with Gasteiger partial charge in [0.2, 0.25) is 5.91 Å². The zero-order valence-electron chi connectivity index (χ0n) is 17.6. The van der Waals surface area contributed by atoms with Crippen molar-refractivity contribution in [2.45, 2.75) is 45.4 Å². The lowest BCUT2D eigenvalue weighted by Crippen LogP contribution is -2.41. The Morgan fingerprint density at radius 3 is 2.70 bits per heavy atom. The van der Waals surface area contributed by atoms with Crippen LogP contribution in [0.1, 0.15) is 55.8 Å². The first-order valence-electron chi connectivity index (χ1n) is 11.1. The van der Waals surface area contributed by atoms with Crippen molar-refractivity contribution in [3.8, 4) is 0 Å². The second-order valence-corrected chi connectivity index (χ2v) is 8.20. The van der Waals surface area contributed by atoms with Gasteiger partial charge in [-0.3, -0.25) is 14.5 Å². The second kappa shape index (κ2) is 9.39. The number of anilines is 3. The van der Waals surface area contributed by atoms with Gasteiger partial charge in [0.1, 0.15) is 0 Å². The van der Waals surface area contributed by atoms with Crippen LogP contribution >= 0.6 is 0 Å². The number of hydrogen-bond donors (Lipinski definition) is 1. The first-order chi connectivity index (χ1) is 14.7. The molecular formula is C24H30N4O2. The summed E-state index contributed by atoms with van der Waals surface area (Å²) in [6.07, 6.45) is 8.41. The first-order valence-corrected chi connectivity index (χ1v) is 11.1. The maximum absolute atomic E-state index is 13.7. The fraction of sp³-hybridized carbons (Fsp3) is 0.458. The van der Waals surface area contributed by atoms with Crippen LogP contribution in [0.5, 0.6) is 0 Å². The summed E-state index contributed by atoms with van der Waals surface area (Å²) >= 11 is 0. The Bertz CT molecular complexity index is 906. The molecule has 1 aromatic carbocycles. The topological polar surface area (TPSA) is 65.5 Å². The van der Waals surface area contributed by atoms with Crippen molar-refractivity contribution in [1.82, 2.24) is 9.88 Å². The van der Waals surface area contributed by atoms with Gasteiger partial charge in [-0.15, -0.1) is 0 Å². The van der Waals surface area contributed by atoms with E-state index in [4.69, 9.17) is 0 Å². The van der Waals surface area contributed by atoms with E-state index in [9.17, 15) is 9.59 Å². The van der Waals surface area contributed by atoms with Gasteiger partial charge in [-0.05, 0) is 63.2 Å². The van der Waals surface area contributed by atoms with Crippen molar-refractivity contribution < 1.29 is 9.59 Å². The fourth-order valence-corrected chi connectivity index (χ4v) is 4.41. The molecule has 3 heterocycles. The molecule has 0 saturated carbocycles. The highest BCUT2D eigenvalue weighted by atomic mass is 16.2. The average Bonchev–Trinajstić information content (AvgIpc) is 2.91. The predicted octanol–water partition coefficient (Wildman–Crippen LogP) is 4.60. The molecule has 6 heteroatoms. The number of pyridine rings is 1. The largest absolute Gasteiger partial charge is 0.319 e. The number of carbonyl (C=O) groups is 2. The highest BCUT2D eigenvalue weighted by molar-refractivity contribution is 6.17. The standard InChI is InChI=1S/C24H30N4O2/c1-2-3-4-7-15-27-16-12-18(13-17-27)24(30)28-21-11-6-5-9-19(21)23(29)26-20-10-8-14-25-22(20)28/h5-6,8-11,14,18H,2-4,7,12-13,15-17H2,1H3,(H,26,29). The smallest absolute Gasteiger partial charge is 0.257 e. The fourth-order valence-electron chi connectivity index (χ4n) is 4.41. The van der Waals surface area contributed by atoms with E-state index in [1.54, 1.807) is 29.3 Å². The van der Waals surface area contributed by atoms with E-state index in [0.29, 0.717) is 22.8 Å². The number of rotatable bonds is 6. The molecule has 0 aliphatic carbocycles. The molecule has 2 amide bonds. The SMILES string of the molecule is CCCCCCN1CCC(C(=O)N2c3ccccc3C(=O)Nc3cccnc32)CC1. The lowest BCUT2D eigenvalue weighted by molar-refractivity contribution is -0.123. The monoisotopic (exact) mass is 406 g/mol. The minimum atomic E-state index is -0.211.